The van der Waals surface area contributed by atoms with Crippen LogP contribution >= 0.6 is 12.9 Å². The van der Waals surface area contributed by atoms with E-state index in [4.69, 9.17) is 14.7 Å². The highest BCUT2D eigenvalue weighted by molar-refractivity contribution is 7.75. The second-order valence-electron chi connectivity index (χ2n) is 6.41. The molecule has 2 N–H and O–H groups in total. The maximum absolute atomic E-state index is 9.63. The zero-order chi connectivity index (χ0) is 19.4. The number of ether oxygens (including phenoxy) is 1. The van der Waals surface area contributed by atoms with Crippen molar-refractivity contribution in [3.05, 3.63) is 48.0 Å². The van der Waals surface area contributed by atoms with Crippen LogP contribution in [-0.2, 0) is 11.3 Å². The number of benzene rings is 2. The molecule has 1 heterocycles. The van der Waals surface area contributed by atoms with E-state index in [1.165, 1.54) is 12.8 Å². The summed E-state index contributed by atoms with van der Waals surface area (Å²) in [5.41, 5.74) is 9.95. The number of nitrogen functional groups attached to an aromatic ring is 1. The van der Waals surface area contributed by atoms with Gasteiger partial charge < -0.3 is 19.2 Å². The van der Waals surface area contributed by atoms with Gasteiger partial charge in [-0.05, 0) is 49.6 Å². The third-order valence-electron chi connectivity index (χ3n) is 4.61. The fourth-order valence-corrected chi connectivity index (χ4v) is 3.19. The molecule has 0 saturated heterocycles. The third kappa shape index (κ3) is 4.05. The van der Waals surface area contributed by atoms with Gasteiger partial charge in [0.15, 0.2) is 0 Å². The van der Waals surface area contributed by atoms with Crippen LogP contribution in [0.2, 0.25) is 0 Å². The van der Waals surface area contributed by atoms with Crippen LogP contribution < -0.4 is 9.92 Å². The number of rotatable bonds is 4. The number of nitrogens with two attached hydrogens (primary N) is 1. The number of methoxy groups -OCH3 is 1. The molecule has 0 amide bonds. The van der Waals surface area contributed by atoms with Gasteiger partial charge in [-0.2, -0.15) is 5.26 Å². The molecule has 1 aliphatic rings. The van der Waals surface area contributed by atoms with Crippen molar-refractivity contribution in [2.24, 2.45) is 0 Å². The molecule has 1 aromatic heterocycles. The average Bonchev–Trinajstić information content (AvgIpc) is 3.49. The van der Waals surface area contributed by atoms with Crippen LogP contribution in [0.5, 0.6) is 5.75 Å². The van der Waals surface area contributed by atoms with E-state index in [9.17, 15) is 5.26 Å². The number of nitrogens with zero attached hydrogens (tertiary/aromatic N) is 2. The Morgan fingerprint density at radius 2 is 1.93 bits per heavy atom. The second kappa shape index (κ2) is 8.38. The summed E-state index contributed by atoms with van der Waals surface area (Å²) in [5, 5.41) is 10.5. The molecular formula is C21H23N3O2S. The lowest BCUT2D eigenvalue weighted by molar-refractivity contribution is 0.183. The highest BCUT2D eigenvalue weighted by atomic mass is 32.1. The van der Waals surface area contributed by atoms with Crippen LogP contribution in [0.1, 0.15) is 25.3 Å². The number of thiol groups is 1. The Bertz CT molecular complexity index is 970. The Morgan fingerprint density at radius 3 is 2.41 bits per heavy atom. The molecule has 0 aliphatic heterocycles. The van der Waals surface area contributed by atoms with Gasteiger partial charge in [0.25, 0.3) is 0 Å². The molecule has 4 rings (SSSR count). The SMILES string of the molecule is CCn1c(-c2ccc(N)cc2)c(C#N)c2ccc(OS)cc21.COC1CC1. The summed E-state index contributed by atoms with van der Waals surface area (Å²) in [6, 6.07) is 15.5. The molecule has 0 atom stereocenters. The predicted molar refractivity (Wildman–Crippen MR) is 112 cm³/mol. The Hall–Kier alpha value is -2.62. The van der Waals surface area contributed by atoms with Gasteiger partial charge >= 0.3 is 0 Å². The maximum atomic E-state index is 9.63. The van der Waals surface area contributed by atoms with Crippen molar-refractivity contribution in [3.8, 4) is 23.1 Å². The molecule has 3 aromatic rings. The maximum Gasteiger partial charge on any atom is 0.139 e. The van der Waals surface area contributed by atoms with Crippen LogP contribution in [0, 0.1) is 11.3 Å². The van der Waals surface area contributed by atoms with Crippen molar-refractivity contribution in [3.63, 3.8) is 0 Å². The normalized spacial score (nSPS) is 13.0. The molecule has 0 unspecified atom stereocenters. The fourth-order valence-electron chi connectivity index (χ4n) is 3.07. The zero-order valence-electron chi connectivity index (χ0n) is 15.5. The smallest absolute Gasteiger partial charge is 0.139 e. The highest BCUT2D eigenvalue weighted by Gasteiger charge is 2.19. The average molecular weight is 382 g/mol. The van der Waals surface area contributed by atoms with Gasteiger partial charge in [-0.3, -0.25) is 0 Å². The monoisotopic (exact) mass is 381 g/mol. The molecular weight excluding hydrogens is 358 g/mol. The summed E-state index contributed by atoms with van der Waals surface area (Å²) in [7, 11) is 1.76. The quantitative estimate of drug-likeness (QED) is 0.387. The molecule has 6 heteroatoms. The highest BCUT2D eigenvalue weighted by Crippen LogP contribution is 2.35. The van der Waals surface area contributed by atoms with Gasteiger partial charge in [0.2, 0.25) is 0 Å². The van der Waals surface area contributed by atoms with Crippen LogP contribution in [-0.4, -0.2) is 17.8 Å². The van der Waals surface area contributed by atoms with E-state index in [2.05, 4.69) is 30.5 Å². The molecule has 1 fully saturated rings. The molecule has 1 saturated carbocycles. The van der Waals surface area contributed by atoms with Gasteiger partial charge in [0.05, 0.1) is 22.9 Å². The Kier molecular flexibility index (Phi) is 5.94. The first-order chi connectivity index (χ1) is 13.1. The first kappa shape index (κ1) is 19.2. The minimum atomic E-state index is 0.634. The van der Waals surface area contributed by atoms with E-state index in [-0.39, 0.29) is 0 Å². The van der Waals surface area contributed by atoms with Crippen LogP contribution in [0.4, 0.5) is 5.69 Å². The minimum absolute atomic E-state index is 0.634. The first-order valence-corrected chi connectivity index (χ1v) is 9.25. The molecule has 0 bridgehead atoms. The predicted octanol–water partition coefficient (Wildman–Crippen LogP) is 4.80. The summed E-state index contributed by atoms with van der Waals surface area (Å²) in [6.45, 7) is 2.80. The number of aromatic nitrogens is 1. The number of nitriles is 1. The zero-order valence-corrected chi connectivity index (χ0v) is 16.4. The first-order valence-electron chi connectivity index (χ1n) is 8.89. The van der Waals surface area contributed by atoms with E-state index in [1.807, 2.05) is 42.5 Å². The summed E-state index contributed by atoms with van der Waals surface area (Å²) in [6.07, 6.45) is 3.21. The molecule has 2 aromatic carbocycles. The molecule has 140 valence electrons. The van der Waals surface area contributed by atoms with Gasteiger partial charge in [-0.1, -0.05) is 12.1 Å². The lowest BCUT2D eigenvalue weighted by Gasteiger charge is -2.09. The molecule has 0 radical (unpaired) electrons. The van der Waals surface area contributed by atoms with Crippen molar-refractivity contribution in [2.45, 2.75) is 32.4 Å². The molecule has 1 aliphatic carbocycles. The number of anilines is 1. The van der Waals surface area contributed by atoms with E-state index in [0.717, 1.165) is 28.7 Å². The van der Waals surface area contributed by atoms with Crippen molar-refractivity contribution in [1.82, 2.24) is 4.57 Å². The van der Waals surface area contributed by atoms with E-state index in [1.54, 1.807) is 7.11 Å². The Morgan fingerprint density at radius 1 is 1.22 bits per heavy atom. The number of fused-ring (bicyclic) bond motifs is 1. The summed E-state index contributed by atoms with van der Waals surface area (Å²) in [4.78, 5) is 0. The molecule has 0 spiro atoms. The largest absolute Gasteiger partial charge is 0.429 e. The van der Waals surface area contributed by atoms with Crippen LogP contribution in [0.25, 0.3) is 22.2 Å². The summed E-state index contributed by atoms with van der Waals surface area (Å²) >= 11 is 3.85. The van der Waals surface area contributed by atoms with E-state index in [0.29, 0.717) is 23.1 Å². The fraction of sp³-hybridized carbons (Fsp3) is 0.286. The lowest BCUT2D eigenvalue weighted by atomic mass is 10.1. The summed E-state index contributed by atoms with van der Waals surface area (Å²) < 4.78 is 12.0. The minimum Gasteiger partial charge on any atom is -0.429 e. The number of aryl methyl sites for hydroxylation is 1. The topological polar surface area (TPSA) is 73.2 Å². The van der Waals surface area contributed by atoms with E-state index >= 15 is 0 Å². The van der Waals surface area contributed by atoms with Gasteiger partial charge in [0.1, 0.15) is 11.8 Å². The van der Waals surface area contributed by atoms with Crippen molar-refractivity contribution in [2.75, 3.05) is 12.8 Å². The number of hydrogen-bond acceptors (Lipinski definition) is 5. The molecule has 5 nitrogen and oxygen atoms in total. The van der Waals surface area contributed by atoms with Crippen molar-refractivity contribution in [1.29, 1.82) is 5.26 Å². The Balaban J connectivity index is 0.000000364. The van der Waals surface area contributed by atoms with Crippen molar-refractivity contribution >= 4 is 29.5 Å². The van der Waals surface area contributed by atoms with Crippen LogP contribution in [0.3, 0.4) is 0 Å². The van der Waals surface area contributed by atoms with Crippen molar-refractivity contribution < 1.29 is 8.92 Å². The second-order valence-corrected chi connectivity index (χ2v) is 6.59. The van der Waals surface area contributed by atoms with Gasteiger partial charge in [-0.15, -0.1) is 0 Å². The number of hydrogen-bond donors (Lipinski definition) is 2. The van der Waals surface area contributed by atoms with Gasteiger partial charge in [0, 0.05) is 43.7 Å². The Labute approximate surface area is 164 Å². The van der Waals surface area contributed by atoms with Gasteiger partial charge in [-0.25, -0.2) is 0 Å². The third-order valence-corrected chi connectivity index (χ3v) is 4.82. The molecule has 27 heavy (non-hydrogen) atoms. The van der Waals surface area contributed by atoms with E-state index < -0.39 is 0 Å². The summed E-state index contributed by atoms with van der Waals surface area (Å²) in [5.74, 6) is 0.649. The lowest BCUT2D eigenvalue weighted by Crippen LogP contribution is -1.98. The standard InChI is InChI=1S/C17H15N3OS.C4H8O/c1-2-20-16-9-13(21-22)7-8-14(16)15(10-18)17(20)11-3-5-12(19)6-4-11;1-5-4-2-3-4/h3-9,22H,2,19H2,1H3;4H,2-3H2,1H3. The van der Waals surface area contributed by atoms with Crippen LogP contribution in [0.15, 0.2) is 42.5 Å².